The molecule has 0 radical (unpaired) electrons. The Kier molecular flexibility index (Phi) is 3.79. The van der Waals surface area contributed by atoms with Crippen molar-refractivity contribution in [1.82, 2.24) is 0 Å². The van der Waals surface area contributed by atoms with Crippen LogP contribution in [0.2, 0.25) is 0 Å². The van der Waals surface area contributed by atoms with Crippen molar-refractivity contribution in [3.8, 4) is 11.5 Å². The summed E-state index contributed by atoms with van der Waals surface area (Å²) in [6.45, 7) is 4.22. The lowest BCUT2D eigenvalue weighted by Gasteiger charge is -2.12. The van der Waals surface area contributed by atoms with Crippen LogP contribution in [0.15, 0.2) is 27.4 Å². The lowest BCUT2D eigenvalue weighted by molar-refractivity contribution is 0.355. The highest BCUT2D eigenvalue weighted by Crippen LogP contribution is 2.33. The van der Waals surface area contributed by atoms with Gasteiger partial charge in [0.2, 0.25) is 0 Å². The Morgan fingerprint density at radius 2 is 1.74 bits per heavy atom. The first-order valence-electron chi connectivity index (χ1n) is 6.24. The third-order valence-corrected chi connectivity index (χ3v) is 2.96. The van der Waals surface area contributed by atoms with Crippen molar-refractivity contribution >= 4 is 11.0 Å². The first kappa shape index (κ1) is 13.5. The van der Waals surface area contributed by atoms with Crippen molar-refractivity contribution in [3.05, 3.63) is 34.2 Å². The molecule has 0 fully saturated rings. The molecule has 1 heterocycles. The van der Waals surface area contributed by atoms with Crippen molar-refractivity contribution < 1.29 is 13.9 Å². The maximum Gasteiger partial charge on any atom is 0.336 e. The third kappa shape index (κ3) is 2.72. The number of ether oxygens (including phenoxy) is 2. The lowest BCUT2D eigenvalue weighted by Crippen LogP contribution is -2.04. The van der Waals surface area contributed by atoms with Gasteiger partial charge in [-0.1, -0.05) is 13.8 Å². The van der Waals surface area contributed by atoms with E-state index in [1.165, 1.54) is 0 Å². The molecular weight excluding hydrogens is 244 g/mol. The first-order chi connectivity index (χ1) is 9.05. The largest absolute Gasteiger partial charge is 0.493 e. The van der Waals surface area contributed by atoms with Gasteiger partial charge in [0.25, 0.3) is 0 Å². The molecule has 19 heavy (non-hydrogen) atoms. The average Bonchev–Trinajstić information content (AvgIpc) is 2.36. The van der Waals surface area contributed by atoms with E-state index in [9.17, 15) is 4.79 Å². The maximum absolute atomic E-state index is 11.6. The molecule has 1 aromatic carbocycles. The normalized spacial score (nSPS) is 11.0. The molecule has 4 heteroatoms. The van der Waals surface area contributed by atoms with Gasteiger partial charge in [0.15, 0.2) is 11.5 Å². The van der Waals surface area contributed by atoms with E-state index in [1.807, 2.05) is 6.07 Å². The summed E-state index contributed by atoms with van der Waals surface area (Å²) in [5.41, 5.74) is 1.17. The molecule has 4 nitrogen and oxygen atoms in total. The number of rotatable bonds is 4. The molecule has 0 aliphatic heterocycles. The highest BCUT2D eigenvalue weighted by atomic mass is 16.5. The number of fused-ring (bicyclic) bond motifs is 1. The summed E-state index contributed by atoms with van der Waals surface area (Å²) >= 11 is 0. The van der Waals surface area contributed by atoms with E-state index in [0.29, 0.717) is 23.0 Å². The fraction of sp³-hybridized carbons (Fsp3) is 0.400. The van der Waals surface area contributed by atoms with E-state index in [2.05, 4.69) is 13.8 Å². The summed E-state index contributed by atoms with van der Waals surface area (Å²) in [6, 6.07) is 5.10. The van der Waals surface area contributed by atoms with E-state index in [-0.39, 0.29) is 5.63 Å². The summed E-state index contributed by atoms with van der Waals surface area (Å²) in [5, 5.41) is 0.894. The van der Waals surface area contributed by atoms with Crippen LogP contribution >= 0.6 is 0 Å². The van der Waals surface area contributed by atoms with Crippen LogP contribution in [0.1, 0.15) is 19.4 Å². The van der Waals surface area contributed by atoms with Crippen LogP contribution in [-0.4, -0.2) is 14.2 Å². The zero-order valence-corrected chi connectivity index (χ0v) is 11.6. The molecule has 0 N–H and O–H groups in total. The van der Waals surface area contributed by atoms with Crippen LogP contribution in [0, 0.1) is 5.92 Å². The molecule has 102 valence electrons. The Bertz CT molecular complexity index is 640. The second kappa shape index (κ2) is 5.34. The zero-order chi connectivity index (χ0) is 14.0. The highest BCUT2D eigenvalue weighted by Gasteiger charge is 2.12. The lowest BCUT2D eigenvalue weighted by atomic mass is 10.00. The average molecular weight is 262 g/mol. The monoisotopic (exact) mass is 262 g/mol. The summed E-state index contributed by atoms with van der Waals surface area (Å²) in [4.78, 5) is 11.6. The molecule has 0 atom stereocenters. The SMILES string of the molecule is COc1cc2oc(=O)cc(CC(C)C)c2cc1OC. The standard InChI is InChI=1S/C15H18O4/c1-9(2)5-10-6-15(16)19-12-8-14(18-4)13(17-3)7-11(10)12/h6-9H,5H2,1-4H3. The quantitative estimate of drug-likeness (QED) is 0.795. The van der Waals surface area contributed by atoms with Crippen LogP contribution in [0.25, 0.3) is 11.0 Å². The van der Waals surface area contributed by atoms with Gasteiger partial charge in [-0.3, -0.25) is 0 Å². The van der Waals surface area contributed by atoms with Crippen LogP contribution < -0.4 is 15.1 Å². The molecule has 2 rings (SSSR count). The molecule has 0 bridgehead atoms. The minimum Gasteiger partial charge on any atom is -0.493 e. The molecule has 0 saturated heterocycles. The van der Waals surface area contributed by atoms with Crippen LogP contribution in [-0.2, 0) is 6.42 Å². The highest BCUT2D eigenvalue weighted by molar-refractivity contribution is 5.84. The van der Waals surface area contributed by atoms with Gasteiger partial charge < -0.3 is 13.9 Å². The van der Waals surface area contributed by atoms with Gasteiger partial charge >= 0.3 is 5.63 Å². The second-order valence-electron chi connectivity index (χ2n) is 4.89. The smallest absolute Gasteiger partial charge is 0.336 e. The van der Waals surface area contributed by atoms with E-state index in [1.54, 1.807) is 26.4 Å². The van der Waals surface area contributed by atoms with Gasteiger partial charge in [0.05, 0.1) is 14.2 Å². The van der Waals surface area contributed by atoms with Crippen LogP contribution in [0.5, 0.6) is 11.5 Å². The Balaban J connectivity index is 2.71. The minimum absolute atomic E-state index is 0.338. The summed E-state index contributed by atoms with van der Waals surface area (Å²) < 4.78 is 15.7. The summed E-state index contributed by atoms with van der Waals surface area (Å²) in [7, 11) is 3.14. The van der Waals surface area contributed by atoms with Gasteiger partial charge in [0.1, 0.15) is 5.58 Å². The number of benzene rings is 1. The molecule has 0 aliphatic carbocycles. The number of hydrogen-bond donors (Lipinski definition) is 0. The van der Waals surface area contributed by atoms with Gasteiger partial charge in [-0.15, -0.1) is 0 Å². The molecule has 0 saturated carbocycles. The zero-order valence-electron chi connectivity index (χ0n) is 11.6. The molecule has 0 amide bonds. The molecule has 2 aromatic rings. The molecule has 0 aliphatic rings. The third-order valence-electron chi connectivity index (χ3n) is 2.96. The first-order valence-corrected chi connectivity index (χ1v) is 6.24. The predicted octanol–water partition coefficient (Wildman–Crippen LogP) is 3.01. The van der Waals surface area contributed by atoms with Gasteiger partial charge in [0, 0.05) is 17.5 Å². The van der Waals surface area contributed by atoms with Crippen molar-refractivity contribution in [2.45, 2.75) is 20.3 Å². The molecular formula is C15H18O4. The van der Waals surface area contributed by atoms with E-state index >= 15 is 0 Å². The van der Waals surface area contributed by atoms with E-state index < -0.39 is 0 Å². The Labute approximate surface area is 111 Å². The predicted molar refractivity (Wildman–Crippen MR) is 74.1 cm³/mol. The van der Waals surface area contributed by atoms with Crippen LogP contribution in [0.3, 0.4) is 0 Å². The fourth-order valence-corrected chi connectivity index (χ4v) is 2.16. The van der Waals surface area contributed by atoms with Gasteiger partial charge in [-0.2, -0.15) is 0 Å². The van der Waals surface area contributed by atoms with Crippen molar-refractivity contribution in [2.75, 3.05) is 14.2 Å². The number of methoxy groups -OCH3 is 2. The fourth-order valence-electron chi connectivity index (χ4n) is 2.16. The Morgan fingerprint density at radius 3 is 2.32 bits per heavy atom. The second-order valence-corrected chi connectivity index (χ2v) is 4.89. The Morgan fingerprint density at radius 1 is 1.11 bits per heavy atom. The molecule has 0 unspecified atom stereocenters. The summed E-state index contributed by atoms with van der Waals surface area (Å²) in [6.07, 6.45) is 0.817. The summed E-state index contributed by atoms with van der Waals surface area (Å²) in [5.74, 6) is 1.65. The molecule has 1 aromatic heterocycles. The Hall–Kier alpha value is -1.97. The van der Waals surface area contributed by atoms with Crippen LogP contribution in [0.4, 0.5) is 0 Å². The van der Waals surface area contributed by atoms with Crippen molar-refractivity contribution in [2.24, 2.45) is 5.92 Å². The minimum atomic E-state index is -0.338. The maximum atomic E-state index is 11.6. The van der Waals surface area contributed by atoms with Gasteiger partial charge in [-0.05, 0) is 24.0 Å². The number of hydrogen-bond acceptors (Lipinski definition) is 4. The molecule has 0 spiro atoms. The van der Waals surface area contributed by atoms with Crippen molar-refractivity contribution in [1.29, 1.82) is 0 Å². The van der Waals surface area contributed by atoms with Gasteiger partial charge in [-0.25, -0.2) is 4.79 Å². The van der Waals surface area contributed by atoms with Crippen molar-refractivity contribution in [3.63, 3.8) is 0 Å². The van der Waals surface area contributed by atoms with E-state index in [4.69, 9.17) is 13.9 Å². The van der Waals surface area contributed by atoms with E-state index in [0.717, 1.165) is 17.4 Å². The topological polar surface area (TPSA) is 48.7 Å².